The molecule has 0 aliphatic heterocycles. The molecule has 3 aromatic carbocycles. The number of alkyl halides is 2. The van der Waals surface area contributed by atoms with Gasteiger partial charge in [0.2, 0.25) is 0 Å². The van der Waals surface area contributed by atoms with Gasteiger partial charge in [0.25, 0.3) is 0 Å². The molecule has 4 rings (SSSR count). The van der Waals surface area contributed by atoms with Crippen molar-refractivity contribution in [2.24, 2.45) is 11.8 Å². The highest BCUT2D eigenvalue weighted by Crippen LogP contribution is 2.36. The largest absolute Gasteiger partial charge is 0.429 e. The van der Waals surface area contributed by atoms with Crippen LogP contribution in [0, 0.1) is 29.3 Å². The summed E-state index contributed by atoms with van der Waals surface area (Å²) in [5, 5.41) is 1.06. The molecule has 1 saturated carbocycles. The molecule has 35 heavy (non-hydrogen) atoms. The first-order chi connectivity index (χ1) is 16.9. The Hall–Kier alpha value is -2.63. The smallest absolute Gasteiger partial charge is 0.387 e. The summed E-state index contributed by atoms with van der Waals surface area (Å²) in [4.78, 5) is 0. The van der Waals surface area contributed by atoms with Crippen molar-refractivity contribution >= 4 is 10.8 Å². The summed E-state index contributed by atoms with van der Waals surface area (Å²) in [6.07, 6.45) is 11.2. The van der Waals surface area contributed by atoms with Gasteiger partial charge >= 0.3 is 6.61 Å². The van der Waals surface area contributed by atoms with Crippen LogP contribution < -0.4 is 4.74 Å². The van der Waals surface area contributed by atoms with Crippen LogP contribution in [0.3, 0.4) is 0 Å². The molecule has 0 aromatic heterocycles. The molecule has 188 valence electrons. The molecule has 0 radical (unpaired) electrons. The summed E-state index contributed by atoms with van der Waals surface area (Å²) in [5.74, 6) is -2.78. The lowest BCUT2D eigenvalue weighted by atomic mass is 9.78. The molecule has 6 heteroatoms. The number of hydrogen-bond donors (Lipinski definition) is 0. The highest BCUT2D eigenvalue weighted by atomic mass is 19.3. The number of unbranched alkanes of at least 4 members (excludes halogenated alkanes) is 1. The molecule has 0 heterocycles. The molecule has 0 atom stereocenters. The second-order valence-corrected chi connectivity index (χ2v) is 9.70. The van der Waals surface area contributed by atoms with Crippen LogP contribution in [0.25, 0.3) is 21.9 Å². The van der Waals surface area contributed by atoms with Gasteiger partial charge in [0.05, 0.1) is 0 Å². The minimum Gasteiger partial charge on any atom is -0.429 e. The first kappa shape index (κ1) is 25.5. The summed E-state index contributed by atoms with van der Waals surface area (Å²) >= 11 is 0. The highest BCUT2D eigenvalue weighted by Gasteiger charge is 2.21. The lowest BCUT2D eigenvalue weighted by molar-refractivity contribution is -0.0546. The second kappa shape index (κ2) is 11.4. The summed E-state index contributed by atoms with van der Waals surface area (Å²) in [6.45, 7) is -1.12. The van der Waals surface area contributed by atoms with Crippen molar-refractivity contribution in [3.8, 4) is 16.9 Å². The van der Waals surface area contributed by atoms with E-state index in [0.717, 1.165) is 42.4 Å². The van der Waals surface area contributed by atoms with Gasteiger partial charge in [-0.3, -0.25) is 0 Å². The minimum absolute atomic E-state index is 0.00789. The summed E-state index contributed by atoms with van der Waals surface area (Å²) < 4.78 is 72.2. The molecular formula is C29H31F5O. The number of rotatable bonds is 9. The van der Waals surface area contributed by atoms with Gasteiger partial charge in [-0.25, -0.2) is 13.2 Å². The van der Waals surface area contributed by atoms with Gasteiger partial charge < -0.3 is 4.74 Å². The van der Waals surface area contributed by atoms with Crippen molar-refractivity contribution in [2.75, 3.05) is 0 Å². The van der Waals surface area contributed by atoms with Gasteiger partial charge in [-0.15, -0.1) is 0 Å². The van der Waals surface area contributed by atoms with Crippen LogP contribution in [0.4, 0.5) is 22.0 Å². The molecule has 0 bridgehead atoms. The number of benzene rings is 3. The molecule has 3 aromatic rings. The number of aryl methyl sites for hydroxylation is 1. The lowest BCUT2D eigenvalue weighted by Gasteiger charge is -2.28. The summed E-state index contributed by atoms with van der Waals surface area (Å²) in [7, 11) is 0. The predicted octanol–water partition coefficient (Wildman–Crippen LogP) is 9.45. The molecule has 1 aliphatic carbocycles. The van der Waals surface area contributed by atoms with Crippen molar-refractivity contribution in [1.29, 1.82) is 0 Å². The van der Waals surface area contributed by atoms with Crippen LogP contribution in [0.1, 0.15) is 63.9 Å². The summed E-state index contributed by atoms with van der Waals surface area (Å²) in [6, 6.07) is 10.4. The highest BCUT2D eigenvalue weighted by molar-refractivity contribution is 5.88. The van der Waals surface area contributed by atoms with E-state index in [1.807, 2.05) is 12.1 Å². The molecule has 0 N–H and O–H groups in total. The zero-order valence-electron chi connectivity index (χ0n) is 19.9. The number of ether oxygens (including phenoxy) is 1. The Kier molecular flexibility index (Phi) is 8.30. The van der Waals surface area contributed by atoms with Crippen LogP contribution in [-0.2, 0) is 6.42 Å². The number of halogens is 5. The Bertz CT molecular complexity index is 1130. The van der Waals surface area contributed by atoms with Crippen molar-refractivity contribution in [2.45, 2.75) is 71.3 Å². The zero-order chi connectivity index (χ0) is 24.9. The minimum atomic E-state index is -3.36. The number of hydrogen-bond acceptors (Lipinski definition) is 1. The molecule has 0 spiro atoms. The van der Waals surface area contributed by atoms with E-state index >= 15 is 4.39 Å². The van der Waals surface area contributed by atoms with Crippen molar-refractivity contribution in [3.63, 3.8) is 0 Å². The standard InChI is InChI=1S/C29H31F5O/c1-2-3-4-18-5-7-19(8-6-18)9-10-20-11-13-23-21(15-20)12-14-24(27(23)32)22-16-25(30)28(26(31)17-22)35-29(33)34/h11-19,29H,2-10H2,1H3/t18-,19-. The zero-order valence-corrected chi connectivity index (χ0v) is 19.9. The van der Waals surface area contributed by atoms with Crippen LogP contribution in [-0.4, -0.2) is 6.61 Å². The molecule has 1 aliphatic rings. The van der Waals surface area contributed by atoms with E-state index in [0.29, 0.717) is 10.8 Å². The molecule has 0 unspecified atom stereocenters. The van der Waals surface area contributed by atoms with Gasteiger partial charge in [-0.1, -0.05) is 82.2 Å². The monoisotopic (exact) mass is 490 g/mol. The third-order valence-corrected chi connectivity index (χ3v) is 7.31. The maximum absolute atomic E-state index is 15.3. The molecular weight excluding hydrogens is 459 g/mol. The van der Waals surface area contributed by atoms with E-state index in [4.69, 9.17) is 0 Å². The van der Waals surface area contributed by atoms with Gasteiger partial charge in [-0.2, -0.15) is 8.78 Å². The Labute approximate surface area is 203 Å². The molecule has 0 saturated heterocycles. The van der Waals surface area contributed by atoms with E-state index in [9.17, 15) is 17.6 Å². The van der Waals surface area contributed by atoms with Crippen molar-refractivity contribution < 1.29 is 26.7 Å². The third-order valence-electron chi connectivity index (χ3n) is 7.31. The van der Waals surface area contributed by atoms with Crippen LogP contribution in [0.5, 0.6) is 5.75 Å². The Morgan fingerprint density at radius 2 is 1.51 bits per heavy atom. The van der Waals surface area contributed by atoms with Crippen LogP contribution in [0.2, 0.25) is 0 Å². The quantitative estimate of drug-likeness (QED) is 0.271. The average Bonchev–Trinajstić information content (AvgIpc) is 2.84. The molecule has 1 nitrogen and oxygen atoms in total. The van der Waals surface area contributed by atoms with Gasteiger partial charge in [0, 0.05) is 10.9 Å². The fourth-order valence-electron chi connectivity index (χ4n) is 5.31. The van der Waals surface area contributed by atoms with Gasteiger partial charge in [0.1, 0.15) is 5.82 Å². The van der Waals surface area contributed by atoms with Crippen LogP contribution >= 0.6 is 0 Å². The summed E-state index contributed by atoms with van der Waals surface area (Å²) in [5.41, 5.74) is 1.05. The molecule has 0 amide bonds. The maximum atomic E-state index is 15.3. The van der Waals surface area contributed by atoms with E-state index in [1.54, 1.807) is 12.1 Å². The average molecular weight is 491 g/mol. The topological polar surface area (TPSA) is 9.23 Å². The van der Waals surface area contributed by atoms with Gasteiger partial charge in [0.15, 0.2) is 17.4 Å². The van der Waals surface area contributed by atoms with E-state index in [2.05, 4.69) is 11.7 Å². The number of fused-ring (bicyclic) bond motifs is 1. The Balaban J connectivity index is 1.46. The lowest BCUT2D eigenvalue weighted by Crippen LogP contribution is -2.15. The van der Waals surface area contributed by atoms with Crippen LogP contribution in [0.15, 0.2) is 42.5 Å². The fourth-order valence-corrected chi connectivity index (χ4v) is 5.31. The second-order valence-electron chi connectivity index (χ2n) is 9.70. The normalized spacial score (nSPS) is 18.4. The van der Waals surface area contributed by atoms with Crippen molar-refractivity contribution in [1.82, 2.24) is 0 Å². The Morgan fingerprint density at radius 3 is 2.14 bits per heavy atom. The molecule has 1 fully saturated rings. The van der Waals surface area contributed by atoms with Gasteiger partial charge in [-0.05, 0) is 53.3 Å². The predicted molar refractivity (Wildman–Crippen MR) is 129 cm³/mol. The maximum Gasteiger partial charge on any atom is 0.387 e. The fraction of sp³-hybridized carbons (Fsp3) is 0.448. The van der Waals surface area contributed by atoms with Crippen molar-refractivity contribution in [3.05, 3.63) is 65.5 Å². The van der Waals surface area contributed by atoms with E-state index < -0.39 is 29.8 Å². The Morgan fingerprint density at radius 1 is 0.857 bits per heavy atom. The SMILES string of the molecule is CCCC[C@H]1CC[C@H](CCc2ccc3c(F)c(-c4cc(F)c(OC(F)F)c(F)c4)ccc3c2)CC1. The first-order valence-corrected chi connectivity index (χ1v) is 12.5. The third kappa shape index (κ3) is 6.14. The van der Waals surface area contributed by atoms with E-state index in [-0.39, 0.29) is 11.1 Å². The first-order valence-electron chi connectivity index (χ1n) is 12.5. The van der Waals surface area contributed by atoms with E-state index in [1.165, 1.54) is 51.0 Å².